The van der Waals surface area contributed by atoms with Crippen molar-refractivity contribution in [3.63, 3.8) is 0 Å². The Balaban J connectivity index is 2.13. The van der Waals surface area contributed by atoms with Gasteiger partial charge in [-0.05, 0) is 43.2 Å². The zero-order valence-electron chi connectivity index (χ0n) is 11.9. The average Bonchev–Trinajstić information content (AvgIpc) is 2.31. The second-order valence-corrected chi connectivity index (χ2v) is 8.34. The summed E-state index contributed by atoms with van der Waals surface area (Å²) in [5.74, 6) is 0. The summed E-state index contributed by atoms with van der Waals surface area (Å²) in [5.41, 5.74) is 1.17. The summed E-state index contributed by atoms with van der Waals surface area (Å²) in [7, 11) is -3.17. The van der Waals surface area contributed by atoms with E-state index in [1.54, 1.807) is 12.1 Å². The zero-order chi connectivity index (χ0) is 14.1. The topological polar surface area (TPSA) is 46.2 Å². The van der Waals surface area contributed by atoms with E-state index in [2.05, 4.69) is 19.2 Å². The van der Waals surface area contributed by atoms with E-state index >= 15 is 0 Å². The minimum Gasteiger partial charge on any atom is -0.381 e. The lowest BCUT2D eigenvalue weighted by atomic mass is 9.75. The Hall–Kier alpha value is -1.03. The molecule has 0 aromatic heterocycles. The third-order valence-corrected chi connectivity index (χ3v) is 5.14. The highest BCUT2D eigenvalue weighted by Crippen LogP contribution is 2.36. The third kappa shape index (κ3) is 3.72. The number of benzene rings is 1. The molecule has 1 saturated carbocycles. The molecule has 1 aromatic carbocycles. The first-order valence-electron chi connectivity index (χ1n) is 6.84. The maximum atomic E-state index is 11.8. The maximum Gasteiger partial charge on any atom is 0.177 e. The number of para-hydroxylation sites is 1. The maximum absolute atomic E-state index is 11.8. The van der Waals surface area contributed by atoms with Crippen LogP contribution in [0.3, 0.4) is 0 Å². The SMILES string of the molecule is CC1(C)CCC(Nc2ccccc2S(C)(=O)=O)CC1. The average molecular weight is 281 g/mol. The second kappa shape index (κ2) is 5.16. The largest absolute Gasteiger partial charge is 0.381 e. The first kappa shape index (κ1) is 14.4. The Bertz CT molecular complexity index is 539. The zero-order valence-corrected chi connectivity index (χ0v) is 12.8. The molecule has 0 atom stereocenters. The van der Waals surface area contributed by atoms with Gasteiger partial charge in [0.1, 0.15) is 0 Å². The lowest BCUT2D eigenvalue weighted by Crippen LogP contribution is -2.30. The van der Waals surface area contributed by atoms with Crippen LogP contribution in [0, 0.1) is 5.41 Å². The Morgan fingerprint density at radius 3 is 2.32 bits per heavy atom. The quantitative estimate of drug-likeness (QED) is 0.922. The Kier molecular flexibility index (Phi) is 3.90. The van der Waals surface area contributed by atoms with E-state index in [9.17, 15) is 8.42 Å². The number of rotatable bonds is 3. The summed E-state index contributed by atoms with van der Waals surface area (Å²) in [4.78, 5) is 0.403. The minimum absolute atomic E-state index is 0.385. The Morgan fingerprint density at radius 1 is 1.16 bits per heavy atom. The van der Waals surface area contributed by atoms with Crippen molar-refractivity contribution in [2.45, 2.75) is 50.5 Å². The first-order valence-corrected chi connectivity index (χ1v) is 8.73. The van der Waals surface area contributed by atoms with Crippen LogP contribution in [0.15, 0.2) is 29.2 Å². The second-order valence-electron chi connectivity index (χ2n) is 6.35. The van der Waals surface area contributed by atoms with Crippen LogP contribution < -0.4 is 5.32 Å². The molecule has 1 aliphatic rings. The van der Waals surface area contributed by atoms with Gasteiger partial charge < -0.3 is 5.32 Å². The molecule has 1 fully saturated rings. The fourth-order valence-electron chi connectivity index (χ4n) is 2.67. The van der Waals surface area contributed by atoms with E-state index in [1.165, 1.54) is 19.1 Å². The van der Waals surface area contributed by atoms with Gasteiger partial charge >= 0.3 is 0 Å². The lowest BCUT2D eigenvalue weighted by molar-refractivity contribution is 0.232. The predicted molar refractivity (Wildman–Crippen MR) is 79.2 cm³/mol. The van der Waals surface area contributed by atoms with Crippen LogP contribution in [0.4, 0.5) is 5.69 Å². The minimum atomic E-state index is -3.17. The normalized spacial score (nSPS) is 20.2. The summed E-state index contributed by atoms with van der Waals surface area (Å²) in [6.45, 7) is 4.60. The number of hydrogen-bond acceptors (Lipinski definition) is 3. The molecule has 4 heteroatoms. The molecule has 1 aliphatic carbocycles. The molecule has 106 valence electrons. The van der Waals surface area contributed by atoms with E-state index in [0.717, 1.165) is 18.5 Å². The van der Waals surface area contributed by atoms with E-state index in [-0.39, 0.29) is 0 Å². The van der Waals surface area contributed by atoms with Crippen LogP contribution in [-0.2, 0) is 9.84 Å². The molecule has 0 unspecified atom stereocenters. The van der Waals surface area contributed by atoms with Crippen LogP contribution in [0.1, 0.15) is 39.5 Å². The smallest absolute Gasteiger partial charge is 0.177 e. The monoisotopic (exact) mass is 281 g/mol. The van der Waals surface area contributed by atoms with Crippen molar-refractivity contribution in [1.29, 1.82) is 0 Å². The van der Waals surface area contributed by atoms with Gasteiger partial charge in [0.2, 0.25) is 0 Å². The van der Waals surface area contributed by atoms with Crippen LogP contribution >= 0.6 is 0 Å². The molecule has 0 aliphatic heterocycles. The Morgan fingerprint density at radius 2 is 1.74 bits per heavy atom. The number of hydrogen-bond donors (Lipinski definition) is 1. The molecule has 0 radical (unpaired) electrons. The van der Waals surface area contributed by atoms with Gasteiger partial charge in [-0.1, -0.05) is 26.0 Å². The molecule has 19 heavy (non-hydrogen) atoms. The molecule has 1 aromatic rings. The van der Waals surface area contributed by atoms with Gasteiger partial charge in [0.15, 0.2) is 9.84 Å². The van der Waals surface area contributed by atoms with Crippen molar-refractivity contribution in [1.82, 2.24) is 0 Å². The van der Waals surface area contributed by atoms with Crippen molar-refractivity contribution in [3.05, 3.63) is 24.3 Å². The van der Waals surface area contributed by atoms with Gasteiger partial charge in [0, 0.05) is 12.3 Å². The van der Waals surface area contributed by atoms with Crippen molar-refractivity contribution in [2.75, 3.05) is 11.6 Å². The van der Waals surface area contributed by atoms with Crippen LogP contribution in [0.25, 0.3) is 0 Å². The summed E-state index contributed by atoms with van der Waals surface area (Å²) in [6, 6.07) is 7.56. The molecular weight excluding hydrogens is 258 g/mol. The molecule has 2 rings (SSSR count). The third-order valence-electron chi connectivity index (χ3n) is 3.99. The van der Waals surface area contributed by atoms with Crippen LogP contribution in [0.2, 0.25) is 0 Å². The van der Waals surface area contributed by atoms with Crippen LogP contribution in [-0.4, -0.2) is 20.7 Å². The van der Waals surface area contributed by atoms with Crippen molar-refractivity contribution in [2.24, 2.45) is 5.41 Å². The highest BCUT2D eigenvalue weighted by Gasteiger charge is 2.27. The van der Waals surface area contributed by atoms with E-state index in [1.807, 2.05) is 12.1 Å². The molecular formula is C15H23NO2S. The molecule has 0 amide bonds. The molecule has 0 bridgehead atoms. The molecule has 0 spiro atoms. The van der Waals surface area contributed by atoms with E-state index in [4.69, 9.17) is 0 Å². The highest BCUT2D eigenvalue weighted by atomic mass is 32.2. The van der Waals surface area contributed by atoms with E-state index in [0.29, 0.717) is 16.4 Å². The standard InChI is InChI=1S/C15H23NO2S/c1-15(2)10-8-12(9-11-15)16-13-6-4-5-7-14(13)19(3,17)18/h4-7,12,16H,8-11H2,1-3H3. The van der Waals surface area contributed by atoms with Crippen LogP contribution in [0.5, 0.6) is 0 Å². The van der Waals surface area contributed by atoms with Gasteiger partial charge in [-0.15, -0.1) is 0 Å². The summed E-state index contributed by atoms with van der Waals surface area (Å²) >= 11 is 0. The number of sulfone groups is 1. The van der Waals surface area contributed by atoms with E-state index < -0.39 is 9.84 Å². The van der Waals surface area contributed by atoms with Crippen molar-refractivity contribution in [3.8, 4) is 0 Å². The van der Waals surface area contributed by atoms with Gasteiger partial charge in [0.05, 0.1) is 10.6 Å². The first-order chi connectivity index (χ1) is 8.78. The molecule has 0 saturated heterocycles. The summed E-state index contributed by atoms with van der Waals surface area (Å²) in [6.07, 6.45) is 5.84. The lowest BCUT2D eigenvalue weighted by Gasteiger charge is -2.35. The fraction of sp³-hybridized carbons (Fsp3) is 0.600. The molecule has 1 N–H and O–H groups in total. The van der Waals surface area contributed by atoms with Crippen molar-refractivity contribution >= 4 is 15.5 Å². The molecule has 0 heterocycles. The number of anilines is 1. The molecule has 3 nitrogen and oxygen atoms in total. The summed E-state index contributed by atoms with van der Waals surface area (Å²) < 4.78 is 23.5. The van der Waals surface area contributed by atoms with Crippen molar-refractivity contribution < 1.29 is 8.42 Å². The van der Waals surface area contributed by atoms with Gasteiger partial charge in [-0.2, -0.15) is 0 Å². The predicted octanol–water partition coefficient (Wildman–Crippen LogP) is 3.47. The fourth-order valence-corrected chi connectivity index (χ4v) is 3.52. The van der Waals surface area contributed by atoms with Gasteiger partial charge in [-0.25, -0.2) is 8.42 Å². The summed E-state index contributed by atoms with van der Waals surface area (Å²) in [5, 5.41) is 3.41. The highest BCUT2D eigenvalue weighted by molar-refractivity contribution is 7.90. The Labute approximate surface area is 116 Å². The van der Waals surface area contributed by atoms with Gasteiger partial charge in [-0.3, -0.25) is 0 Å². The van der Waals surface area contributed by atoms with Gasteiger partial charge in [0.25, 0.3) is 0 Å². The number of nitrogens with one attached hydrogen (secondary N) is 1.